The lowest BCUT2D eigenvalue weighted by Crippen LogP contribution is -2.40. The van der Waals surface area contributed by atoms with Crippen LogP contribution < -0.4 is 0 Å². The van der Waals surface area contributed by atoms with E-state index in [9.17, 15) is 14.7 Å². The average Bonchev–Trinajstić information content (AvgIpc) is 3.08. The number of carboxylic acids is 1. The van der Waals surface area contributed by atoms with Crippen LogP contribution in [-0.2, 0) is 9.59 Å². The Bertz CT molecular complexity index is 351. The van der Waals surface area contributed by atoms with Crippen molar-refractivity contribution in [3.8, 4) is 0 Å². The van der Waals surface area contributed by atoms with Crippen molar-refractivity contribution in [1.82, 2.24) is 4.90 Å². The highest BCUT2D eigenvalue weighted by molar-refractivity contribution is 5.85. The van der Waals surface area contributed by atoms with Gasteiger partial charge in [0.2, 0.25) is 5.91 Å². The van der Waals surface area contributed by atoms with E-state index >= 15 is 0 Å². The normalized spacial score (nSPS) is 30.3. The summed E-state index contributed by atoms with van der Waals surface area (Å²) >= 11 is 0. The van der Waals surface area contributed by atoms with E-state index in [-0.39, 0.29) is 11.8 Å². The van der Waals surface area contributed by atoms with Gasteiger partial charge in [-0.05, 0) is 43.9 Å². The summed E-state index contributed by atoms with van der Waals surface area (Å²) in [4.78, 5) is 25.9. The molecule has 0 aromatic rings. The molecule has 4 nitrogen and oxygen atoms in total. The second-order valence-corrected chi connectivity index (χ2v) is 6.36. The summed E-state index contributed by atoms with van der Waals surface area (Å²) in [6, 6.07) is 0. The van der Waals surface area contributed by atoms with Crippen molar-refractivity contribution >= 4 is 11.9 Å². The maximum Gasteiger partial charge on any atom is 0.307 e. The lowest BCUT2D eigenvalue weighted by Gasteiger charge is -2.27. The van der Waals surface area contributed by atoms with Gasteiger partial charge in [-0.15, -0.1) is 0 Å². The Morgan fingerprint density at radius 3 is 2.37 bits per heavy atom. The highest BCUT2D eigenvalue weighted by Crippen LogP contribution is 2.38. The van der Waals surface area contributed by atoms with Crippen LogP contribution in [0, 0.1) is 23.7 Å². The van der Waals surface area contributed by atoms with Gasteiger partial charge in [0, 0.05) is 13.1 Å². The van der Waals surface area contributed by atoms with E-state index in [4.69, 9.17) is 0 Å². The van der Waals surface area contributed by atoms with Gasteiger partial charge in [-0.25, -0.2) is 0 Å². The molecule has 0 aromatic heterocycles. The minimum Gasteiger partial charge on any atom is -0.481 e. The highest BCUT2D eigenvalue weighted by atomic mass is 16.4. The number of amides is 1. The Morgan fingerprint density at radius 1 is 1.21 bits per heavy atom. The molecule has 108 valence electrons. The number of carbonyl (C=O) groups is 2. The van der Waals surface area contributed by atoms with Crippen molar-refractivity contribution in [2.24, 2.45) is 23.7 Å². The second kappa shape index (κ2) is 5.93. The summed E-state index contributed by atoms with van der Waals surface area (Å²) in [5.74, 6) is -0.466. The minimum absolute atomic E-state index is 0.0884. The average molecular weight is 267 g/mol. The molecule has 19 heavy (non-hydrogen) atoms. The van der Waals surface area contributed by atoms with Crippen LogP contribution in [0.25, 0.3) is 0 Å². The first-order chi connectivity index (χ1) is 9.02. The first-order valence-corrected chi connectivity index (χ1v) is 7.54. The first kappa shape index (κ1) is 14.4. The summed E-state index contributed by atoms with van der Waals surface area (Å²) < 4.78 is 0. The van der Waals surface area contributed by atoms with Crippen LogP contribution in [0.3, 0.4) is 0 Å². The lowest BCUT2D eigenvalue weighted by atomic mass is 9.94. The van der Waals surface area contributed by atoms with Crippen LogP contribution in [0.4, 0.5) is 0 Å². The van der Waals surface area contributed by atoms with Crippen molar-refractivity contribution in [2.75, 3.05) is 13.1 Å². The van der Waals surface area contributed by atoms with Gasteiger partial charge in [0.05, 0.1) is 11.8 Å². The van der Waals surface area contributed by atoms with Crippen LogP contribution in [0.5, 0.6) is 0 Å². The van der Waals surface area contributed by atoms with Gasteiger partial charge in [0.15, 0.2) is 0 Å². The molecule has 4 heteroatoms. The standard InChI is InChI=1S/C15H25NO3/c1-3-6-16(9-11-4-5-11)14(17)12-7-10(2)8-13(12)15(18)19/h10-13H,3-9H2,1-2H3,(H,18,19). The molecule has 3 unspecified atom stereocenters. The molecule has 0 aliphatic heterocycles. The molecule has 1 amide bonds. The molecule has 0 bridgehead atoms. The second-order valence-electron chi connectivity index (χ2n) is 6.36. The molecule has 2 fully saturated rings. The monoisotopic (exact) mass is 267 g/mol. The molecule has 0 heterocycles. The predicted molar refractivity (Wildman–Crippen MR) is 72.6 cm³/mol. The van der Waals surface area contributed by atoms with E-state index in [2.05, 4.69) is 6.92 Å². The van der Waals surface area contributed by atoms with E-state index in [1.807, 2.05) is 11.8 Å². The van der Waals surface area contributed by atoms with Gasteiger partial charge in [-0.2, -0.15) is 0 Å². The van der Waals surface area contributed by atoms with E-state index in [0.29, 0.717) is 18.3 Å². The molecular weight excluding hydrogens is 242 g/mol. The maximum atomic E-state index is 12.6. The third-order valence-electron chi connectivity index (χ3n) is 4.41. The fourth-order valence-corrected chi connectivity index (χ4v) is 3.25. The zero-order chi connectivity index (χ0) is 14.0. The Balaban J connectivity index is 2.03. The number of aliphatic carboxylic acids is 1. The summed E-state index contributed by atoms with van der Waals surface area (Å²) in [5, 5.41) is 9.29. The molecule has 3 atom stereocenters. The van der Waals surface area contributed by atoms with Crippen LogP contribution in [0.1, 0.15) is 46.0 Å². The van der Waals surface area contributed by atoms with E-state index in [1.54, 1.807) is 0 Å². The Morgan fingerprint density at radius 2 is 1.84 bits per heavy atom. The molecule has 0 aromatic carbocycles. The van der Waals surface area contributed by atoms with Gasteiger partial charge in [0.25, 0.3) is 0 Å². The number of nitrogens with zero attached hydrogens (tertiary/aromatic N) is 1. The lowest BCUT2D eigenvalue weighted by molar-refractivity contribution is -0.149. The number of hydrogen-bond donors (Lipinski definition) is 1. The zero-order valence-electron chi connectivity index (χ0n) is 12.0. The van der Waals surface area contributed by atoms with E-state index < -0.39 is 11.9 Å². The molecule has 1 N–H and O–H groups in total. The third kappa shape index (κ3) is 3.48. The number of rotatable bonds is 6. The number of carbonyl (C=O) groups excluding carboxylic acids is 1. The largest absolute Gasteiger partial charge is 0.481 e. The topological polar surface area (TPSA) is 57.6 Å². The van der Waals surface area contributed by atoms with E-state index in [1.165, 1.54) is 12.8 Å². The highest BCUT2D eigenvalue weighted by Gasteiger charge is 2.43. The molecule has 0 saturated heterocycles. The summed E-state index contributed by atoms with van der Waals surface area (Å²) in [7, 11) is 0. The maximum absolute atomic E-state index is 12.6. The molecular formula is C15H25NO3. The van der Waals surface area contributed by atoms with Crippen molar-refractivity contribution in [1.29, 1.82) is 0 Å². The molecule has 0 radical (unpaired) electrons. The molecule has 2 rings (SSSR count). The first-order valence-electron chi connectivity index (χ1n) is 7.54. The van der Waals surface area contributed by atoms with Gasteiger partial charge >= 0.3 is 5.97 Å². The van der Waals surface area contributed by atoms with Gasteiger partial charge in [-0.1, -0.05) is 13.8 Å². The van der Waals surface area contributed by atoms with E-state index in [0.717, 1.165) is 25.9 Å². The number of hydrogen-bond acceptors (Lipinski definition) is 2. The molecule has 0 spiro atoms. The zero-order valence-corrected chi connectivity index (χ0v) is 12.0. The van der Waals surface area contributed by atoms with Crippen LogP contribution in [-0.4, -0.2) is 35.0 Å². The predicted octanol–water partition coefficient (Wildman–Crippen LogP) is 2.38. The molecule has 2 aliphatic rings. The van der Waals surface area contributed by atoms with Gasteiger partial charge in [-0.3, -0.25) is 9.59 Å². The van der Waals surface area contributed by atoms with Crippen molar-refractivity contribution in [2.45, 2.75) is 46.0 Å². The summed E-state index contributed by atoms with van der Waals surface area (Å²) in [6.45, 7) is 5.73. The van der Waals surface area contributed by atoms with Crippen molar-refractivity contribution < 1.29 is 14.7 Å². The van der Waals surface area contributed by atoms with Crippen molar-refractivity contribution in [3.05, 3.63) is 0 Å². The van der Waals surface area contributed by atoms with Crippen LogP contribution in [0.15, 0.2) is 0 Å². The van der Waals surface area contributed by atoms with Crippen LogP contribution >= 0.6 is 0 Å². The Kier molecular flexibility index (Phi) is 4.48. The quantitative estimate of drug-likeness (QED) is 0.804. The minimum atomic E-state index is -0.800. The molecule has 2 aliphatic carbocycles. The van der Waals surface area contributed by atoms with Gasteiger partial charge < -0.3 is 10.0 Å². The summed E-state index contributed by atoms with van der Waals surface area (Å²) in [5.41, 5.74) is 0. The van der Waals surface area contributed by atoms with Crippen molar-refractivity contribution in [3.63, 3.8) is 0 Å². The third-order valence-corrected chi connectivity index (χ3v) is 4.41. The van der Waals surface area contributed by atoms with Crippen LogP contribution in [0.2, 0.25) is 0 Å². The van der Waals surface area contributed by atoms with Gasteiger partial charge in [0.1, 0.15) is 0 Å². The smallest absolute Gasteiger partial charge is 0.307 e. The fourth-order valence-electron chi connectivity index (χ4n) is 3.25. The SMILES string of the molecule is CCCN(CC1CC1)C(=O)C1CC(C)CC1C(=O)O. The summed E-state index contributed by atoms with van der Waals surface area (Å²) in [6.07, 6.45) is 4.77. The Labute approximate surface area is 115 Å². The Hall–Kier alpha value is -1.06. The number of carboxylic acid groups (broad SMARTS) is 1. The fraction of sp³-hybridized carbons (Fsp3) is 0.867. The molecule has 2 saturated carbocycles.